The van der Waals surface area contributed by atoms with Crippen LogP contribution in [0.5, 0.6) is 5.75 Å². The molecule has 0 spiro atoms. The molecule has 0 aliphatic carbocycles. The zero-order valence-corrected chi connectivity index (χ0v) is 20.4. The number of nitrogens with one attached hydrogen (secondary N) is 2. The quantitative estimate of drug-likeness (QED) is 0.378. The summed E-state index contributed by atoms with van der Waals surface area (Å²) in [6.45, 7) is 4.95. The van der Waals surface area contributed by atoms with Crippen molar-refractivity contribution >= 4 is 17.6 Å². The Hall–Kier alpha value is -4.36. The number of alkyl halides is 3. The van der Waals surface area contributed by atoms with E-state index in [0.29, 0.717) is 22.9 Å². The molecule has 0 aliphatic heterocycles. The van der Waals surface area contributed by atoms with Gasteiger partial charge < -0.3 is 20.5 Å². The Kier molecular flexibility index (Phi) is 10.2. The third-order valence-electron chi connectivity index (χ3n) is 4.98. The summed E-state index contributed by atoms with van der Waals surface area (Å²) in [5.41, 5.74) is 4.99. The van der Waals surface area contributed by atoms with Gasteiger partial charge >= 0.3 is 12.1 Å². The highest BCUT2D eigenvalue weighted by molar-refractivity contribution is 6.04. The number of nitriles is 1. The zero-order valence-electron chi connectivity index (χ0n) is 20.4. The van der Waals surface area contributed by atoms with Crippen LogP contribution in [-0.4, -0.2) is 36.3 Å². The van der Waals surface area contributed by atoms with Gasteiger partial charge in [-0.1, -0.05) is 32.0 Å². The number of nitrogens with zero attached hydrogens (tertiary/aromatic N) is 1. The van der Waals surface area contributed by atoms with E-state index >= 15 is 0 Å². The van der Waals surface area contributed by atoms with Gasteiger partial charge in [-0.25, -0.2) is 4.79 Å². The summed E-state index contributed by atoms with van der Waals surface area (Å²) < 4.78 is 37.2. The number of aliphatic carboxylic acids is 1. The van der Waals surface area contributed by atoms with E-state index in [1.165, 1.54) is 0 Å². The van der Waals surface area contributed by atoms with Crippen molar-refractivity contribution in [1.29, 1.82) is 5.26 Å². The molecule has 0 saturated heterocycles. The molecule has 3 aromatic carbocycles. The molecule has 7 nitrogen and oxygen atoms in total. The van der Waals surface area contributed by atoms with Crippen molar-refractivity contribution < 1.29 is 32.6 Å². The summed E-state index contributed by atoms with van der Waals surface area (Å²) in [6.07, 6.45) is -5.08. The minimum Gasteiger partial charge on any atom is -0.496 e. The van der Waals surface area contributed by atoms with Crippen LogP contribution in [0, 0.1) is 11.3 Å². The molecule has 0 aliphatic rings. The van der Waals surface area contributed by atoms with Gasteiger partial charge in [-0.3, -0.25) is 4.79 Å². The van der Waals surface area contributed by atoms with Gasteiger partial charge in [-0.15, -0.1) is 0 Å². The standard InChI is InChI=1S/C25H25N3O2.C2HF3O2/c1-17(2)27-16-22-14-21(10-13-24(22)30-3)19-8-11-23(12-9-19)28-25(29)20-6-4-18(15-26)5-7-20;3-2(4,5)1(6)7/h4-14,17,27H,16H2,1-3H3,(H,28,29);(H,6,7). The Bertz CT molecular complexity index is 1250. The van der Waals surface area contributed by atoms with Gasteiger partial charge in [-0.2, -0.15) is 18.4 Å². The van der Waals surface area contributed by atoms with E-state index in [-0.39, 0.29) is 5.91 Å². The van der Waals surface area contributed by atoms with Gasteiger partial charge in [0.1, 0.15) is 5.75 Å². The largest absolute Gasteiger partial charge is 0.496 e. The molecule has 37 heavy (non-hydrogen) atoms. The molecule has 0 unspecified atom stereocenters. The van der Waals surface area contributed by atoms with E-state index in [2.05, 4.69) is 30.5 Å². The number of carbonyl (C=O) groups is 2. The van der Waals surface area contributed by atoms with Crippen LogP contribution in [0.1, 0.15) is 35.3 Å². The van der Waals surface area contributed by atoms with Gasteiger partial charge in [0.05, 0.1) is 18.7 Å². The summed E-state index contributed by atoms with van der Waals surface area (Å²) in [7, 11) is 1.68. The predicted octanol–water partition coefficient (Wildman–Crippen LogP) is 5.62. The highest BCUT2D eigenvalue weighted by Gasteiger charge is 2.38. The number of carboxylic acids is 1. The second-order valence-corrected chi connectivity index (χ2v) is 8.09. The number of methoxy groups -OCH3 is 1. The van der Waals surface area contributed by atoms with Gasteiger partial charge in [0, 0.05) is 29.4 Å². The number of carbonyl (C=O) groups excluding carboxylic acids is 1. The lowest BCUT2D eigenvalue weighted by atomic mass is 10.0. The summed E-state index contributed by atoms with van der Waals surface area (Å²) in [4.78, 5) is 21.3. The minimum absolute atomic E-state index is 0.210. The lowest BCUT2D eigenvalue weighted by molar-refractivity contribution is -0.192. The molecule has 0 heterocycles. The minimum atomic E-state index is -5.08. The summed E-state index contributed by atoms with van der Waals surface area (Å²) in [6, 6.07) is 22.8. The zero-order chi connectivity index (χ0) is 27.6. The molecule has 3 rings (SSSR count). The first kappa shape index (κ1) is 28.9. The van der Waals surface area contributed by atoms with Crippen LogP contribution < -0.4 is 15.4 Å². The number of ether oxygens (including phenoxy) is 1. The van der Waals surface area contributed by atoms with Crippen LogP contribution >= 0.6 is 0 Å². The maximum absolute atomic E-state index is 12.4. The molecule has 0 bridgehead atoms. The predicted molar refractivity (Wildman–Crippen MR) is 133 cm³/mol. The molecule has 0 saturated carbocycles. The number of halogens is 3. The van der Waals surface area contributed by atoms with E-state index in [0.717, 1.165) is 29.0 Å². The first-order valence-electron chi connectivity index (χ1n) is 11.1. The Morgan fingerprint density at radius 2 is 1.57 bits per heavy atom. The SMILES string of the molecule is COc1ccc(-c2ccc(NC(=O)c3ccc(C#N)cc3)cc2)cc1CNC(C)C.O=C(O)C(F)(F)F. The first-order valence-corrected chi connectivity index (χ1v) is 11.1. The van der Waals surface area contributed by atoms with Gasteiger partial charge in [0.15, 0.2) is 0 Å². The number of benzene rings is 3. The number of rotatable bonds is 7. The molecule has 0 atom stereocenters. The monoisotopic (exact) mass is 513 g/mol. The number of hydrogen-bond acceptors (Lipinski definition) is 5. The number of hydrogen-bond donors (Lipinski definition) is 3. The first-order chi connectivity index (χ1) is 17.4. The lowest BCUT2D eigenvalue weighted by Crippen LogP contribution is -2.22. The molecule has 0 aromatic heterocycles. The maximum Gasteiger partial charge on any atom is 0.490 e. The van der Waals surface area contributed by atoms with Crippen molar-refractivity contribution in [3.05, 3.63) is 83.4 Å². The summed E-state index contributed by atoms with van der Waals surface area (Å²) in [5, 5.41) is 22.3. The fourth-order valence-corrected chi connectivity index (χ4v) is 3.06. The average molecular weight is 514 g/mol. The van der Waals surface area contributed by atoms with E-state index in [9.17, 15) is 18.0 Å². The normalized spacial score (nSPS) is 10.6. The van der Waals surface area contributed by atoms with Crippen LogP contribution in [0.25, 0.3) is 11.1 Å². The molecule has 1 amide bonds. The van der Waals surface area contributed by atoms with Crippen molar-refractivity contribution in [1.82, 2.24) is 5.32 Å². The topological polar surface area (TPSA) is 111 Å². The molecule has 3 N–H and O–H groups in total. The Balaban J connectivity index is 0.000000604. The second-order valence-electron chi connectivity index (χ2n) is 8.09. The summed E-state index contributed by atoms with van der Waals surface area (Å²) in [5.74, 6) is -2.11. The highest BCUT2D eigenvalue weighted by atomic mass is 19.4. The maximum atomic E-state index is 12.4. The van der Waals surface area contributed by atoms with Crippen LogP contribution in [0.4, 0.5) is 18.9 Å². The number of amides is 1. The van der Waals surface area contributed by atoms with E-state index in [1.54, 1.807) is 31.4 Å². The van der Waals surface area contributed by atoms with Gasteiger partial charge in [-0.05, 0) is 59.7 Å². The third-order valence-corrected chi connectivity index (χ3v) is 4.98. The lowest BCUT2D eigenvalue weighted by Gasteiger charge is -2.14. The van der Waals surface area contributed by atoms with Crippen molar-refractivity contribution in [2.75, 3.05) is 12.4 Å². The molecule has 10 heteroatoms. The molecule has 0 radical (unpaired) electrons. The Labute approximate surface area is 212 Å². The Morgan fingerprint density at radius 3 is 2.05 bits per heavy atom. The number of carboxylic acid groups (broad SMARTS) is 1. The van der Waals surface area contributed by atoms with E-state index in [1.807, 2.05) is 42.5 Å². The van der Waals surface area contributed by atoms with E-state index < -0.39 is 12.1 Å². The van der Waals surface area contributed by atoms with Crippen molar-refractivity contribution in [2.24, 2.45) is 0 Å². The number of anilines is 1. The smallest absolute Gasteiger partial charge is 0.490 e. The fraction of sp³-hybridized carbons (Fsp3) is 0.222. The average Bonchev–Trinajstić information content (AvgIpc) is 2.87. The highest BCUT2D eigenvalue weighted by Crippen LogP contribution is 2.28. The molecular formula is C27H26F3N3O4. The molecule has 194 valence electrons. The van der Waals surface area contributed by atoms with Crippen molar-refractivity contribution in [3.8, 4) is 22.9 Å². The third kappa shape index (κ3) is 8.98. The van der Waals surface area contributed by atoms with Crippen molar-refractivity contribution in [2.45, 2.75) is 32.6 Å². The van der Waals surface area contributed by atoms with Gasteiger partial charge in [0.25, 0.3) is 5.91 Å². The summed E-state index contributed by atoms with van der Waals surface area (Å²) >= 11 is 0. The van der Waals surface area contributed by atoms with Gasteiger partial charge in [0.2, 0.25) is 0 Å². The molecular weight excluding hydrogens is 487 g/mol. The van der Waals surface area contributed by atoms with Crippen molar-refractivity contribution in [3.63, 3.8) is 0 Å². The second kappa shape index (κ2) is 13.1. The van der Waals surface area contributed by atoms with Crippen LogP contribution in [0.2, 0.25) is 0 Å². The molecule has 0 fully saturated rings. The fourth-order valence-electron chi connectivity index (χ4n) is 3.06. The Morgan fingerprint density at radius 1 is 1.00 bits per heavy atom. The van der Waals surface area contributed by atoms with Crippen LogP contribution in [0.3, 0.4) is 0 Å². The molecule has 3 aromatic rings. The van der Waals surface area contributed by atoms with Crippen LogP contribution in [-0.2, 0) is 11.3 Å². The van der Waals surface area contributed by atoms with E-state index in [4.69, 9.17) is 19.9 Å². The van der Waals surface area contributed by atoms with Crippen LogP contribution in [0.15, 0.2) is 66.7 Å².